The highest BCUT2D eigenvalue weighted by atomic mass is 15.1. The Morgan fingerprint density at radius 3 is 1.60 bits per heavy atom. The molecule has 2 heteroatoms. The van der Waals surface area contributed by atoms with Crippen LogP contribution in [0.15, 0.2) is 146 Å². The molecule has 228 valence electrons. The maximum Gasteiger partial charge on any atom is 0.0541 e. The fraction of sp³-hybridized carbons (Fsp3) is 0.200. The van der Waals surface area contributed by atoms with Crippen molar-refractivity contribution in [2.75, 3.05) is 4.90 Å². The van der Waals surface area contributed by atoms with Crippen molar-refractivity contribution in [2.45, 2.75) is 43.9 Å². The molecule has 0 amide bonds. The van der Waals surface area contributed by atoms with Crippen LogP contribution in [0, 0.1) is 11.8 Å². The van der Waals surface area contributed by atoms with E-state index < -0.39 is 0 Å². The van der Waals surface area contributed by atoms with Crippen LogP contribution < -0.4 is 4.90 Å². The van der Waals surface area contributed by atoms with Gasteiger partial charge in [-0.2, -0.15) is 0 Å². The summed E-state index contributed by atoms with van der Waals surface area (Å²) in [6.45, 7) is 0. The van der Waals surface area contributed by atoms with Gasteiger partial charge in [-0.05, 0) is 133 Å². The summed E-state index contributed by atoms with van der Waals surface area (Å²) in [5.74, 6) is 3.31. The molecule has 4 aliphatic carbocycles. The molecule has 2 atom stereocenters. The molecule has 1 aromatic heterocycles. The van der Waals surface area contributed by atoms with Crippen LogP contribution in [-0.4, -0.2) is 4.57 Å². The summed E-state index contributed by atoms with van der Waals surface area (Å²) in [6.07, 6.45) is 7.02. The zero-order valence-corrected chi connectivity index (χ0v) is 26.6. The van der Waals surface area contributed by atoms with Crippen molar-refractivity contribution < 1.29 is 0 Å². The molecule has 0 saturated heterocycles. The van der Waals surface area contributed by atoms with E-state index in [0.29, 0.717) is 5.92 Å². The molecule has 0 aliphatic heterocycles. The van der Waals surface area contributed by atoms with Gasteiger partial charge in [-0.1, -0.05) is 91.0 Å². The lowest BCUT2D eigenvalue weighted by molar-refractivity contribution is 0.166. The number of para-hydroxylation sites is 4. The van der Waals surface area contributed by atoms with Gasteiger partial charge in [-0.25, -0.2) is 0 Å². The third kappa shape index (κ3) is 4.46. The van der Waals surface area contributed by atoms with Crippen LogP contribution in [0.5, 0.6) is 0 Å². The Hall–Kier alpha value is -5.08. The molecule has 2 saturated carbocycles. The SMILES string of the molecule is c1ccc(N(c2ccccc2)c2cc(-c3ccc4c(c3)C3CC5CC(CC4C5)C3)cc(-n3c4ccccc4c4ccccc43)c2)cc1. The minimum Gasteiger partial charge on any atom is -0.310 e. The van der Waals surface area contributed by atoms with Gasteiger partial charge in [0.15, 0.2) is 0 Å². The normalized spacial score (nSPS) is 21.2. The lowest BCUT2D eigenvalue weighted by Gasteiger charge is -2.38. The highest BCUT2D eigenvalue weighted by molar-refractivity contribution is 6.09. The van der Waals surface area contributed by atoms with Gasteiger partial charge in [-0.3, -0.25) is 0 Å². The topological polar surface area (TPSA) is 8.17 Å². The number of hydrogen-bond donors (Lipinski definition) is 0. The minimum absolute atomic E-state index is 0.714. The Morgan fingerprint density at radius 2 is 0.979 bits per heavy atom. The second-order valence-corrected chi connectivity index (χ2v) is 14.3. The van der Waals surface area contributed by atoms with Crippen molar-refractivity contribution in [3.05, 3.63) is 157 Å². The highest BCUT2D eigenvalue weighted by Gasteiger charge is 2.42. The van der Waals surface area contributed by atoms with E-state index in [0.717, 1.165) is 34.8 Å². The first-order valence-corrected chi connectivity index (χ1v) is 17.4. The lowest BCUT2D eigenvalue weighted by atomic mass is 9.67. The Labute approximate surface area is 276 Å². The number of anilines is 3. The van der Waals surface area contributed by atoms with E-state index in [1.54, 1.807) is 11.1 Å². The smallest absolute Gasteiger partial charge is 0.0541 e. The van der Waals surface area contributed by atoms with E-state index in [4.69, 9.17) is 0 Å². The maximum atomic E-state index is 2.59. The standard InChI is InChI=1S/C45H38N2/c1-3-11-36(12-4-1)46(37-13-5-2-6-14-37)38-26-33(32-19-20-40-34-22-30-21-31(23-34)25-35(24-30)43(40)28-32)27-39(29-38)47-44-17-9-7-15-41(44)42-16-8-10-18-45(42)47/h1-20,26-31,34-35H,21-25H2. The number of rotatable bonds is 5. The van der Waals surface area contributed by atoms with E-state index in [-0.39, 0.29) is 0 Å². The molecular weight excluding hydrogens is 569 g/mol. The van der Waals surface area contributed by atoms with Crippen LogP contribution in [0.1, 0.15) is 55.1 Å². The number of nitrogens with zero attached hydrogens (tertiary/aromatic N) is 2. The fourth-order valence-electron chi connectivity index (χ4n) is 9.66. The predicted molar refractivity (Wildman–Crippen MR) is 196 cm³/mol. The van der Waals surface area contributed by atoms with Crippen LogP contribution in [0.4, 0.5) is 17.1 Å². The summed E-state index contributed by atoms with van der Waals surface area (Å²) in [5.41, 5.74) is 13.0. The zero-order valence-electron chi connectivity index (χ0n) is 26.6. The molecule has 0 spiro atoms. The average Bonchev–Trinajstić information content (AvgIpc) is 3.36. The van der Waals surface area contributed by atoms with Gasteiger partial charge in [0.05, 0.1) is 11.0 Å². The predicted octanol–water partition coefficient (Wildman–Crippen LogP) is 12.3. The third-order valence-corrected chi connectivity index (χ3v) is 11.5. The maximum absolute atomic E-state index is 2.59. The number of hydrogen-bond acceptors (Lipinski definition) is 1. The minimum atomic E-state index is 0.714. The van der Waals surface area contributed by atoms with Gasteiger partial charge < -0.3 is 9.47 Å². The summed E-state index contributed by atoms with van der Waals surface area (Å²) < 4.78 is 2.47. The van der Waals surface area contributed by atoms with E-state index in [1.807, 2.05) is 0 Å². The first kappa shape index (κ1) is 27.1. The monoisotopic (exact) mass is 606 g/mol. The van der Waals surface area contributed by atoms with Crippen LogP contribution in [0.25, 0.3) is 38.6 Å². The van der Waals surface area contributed by atoms with Gasteiger partial charge in [0.1, 0.15) is 0 Å². The molecule has 47 heavy (non-hydrogen) atoms. The second kappa shape index (κ2) is 10.7. The van der Waals surface area contributed by atoms with Crippen molar-refractivity contribution in [3.8, 4) is 16.8 Å². The van der Waals surface area contributed by atoms with Gasteiger partial charge >= 0.3 is 0 Å². The molecule has 2 fully saturated rings. The third-order valence-electron chi connectivity index (χ3n) is 11.5. The van der Waals surface area contributed by atoms with Crippen LogP contribution in [0.3, 0.4) is 0 Å². The second-order valence-electron chi connectivity index (χ2n) is 14.3. The van der Waals surface area contributed by atoms with Crippen molar-refractivity contribution in [1.82, 2.24) is 4.57 Å². The summed E-state index contributed by atoms with van der Waals surface area (Å²) >= 11 is 0. The Balaban J connectivity index is 1.23. The summed E-state index contributed by atoms with van der Waals surface area (Å²) in [5, 5.41) is 2.57. The lowest BCUT2D eigenvalue weighted by Crippen LogP contribution is -2.25. The van der Waals surface area contributed by atoms with Crippen molar-refractivity contribution >= 4 is 38.9 Å². The molecule has 4 aliphatic rings. The Bertz CT molecular complexity index is 2160. The fourth-order valence-corrected chi connectivity index (χ4v) is 9.66. The van der Waals surface area contributed by atoms with Crippen molar-refractivity contribution in [1.29, 1.82) is 0 Å². The molecule has 1 heterocycles. The van der Waals surface area contributed by atoms with E-state index in [2.05, 4.69) is 155 Å². The van der Waals surface area contributed by atoms with E-state index >= 15 is 0 Å². The molecule has 2 nitrogen and oxygen atoms in total. The summed E-state index contributed by atoms with van der Waals surface area (Å²) in [7, 11) is 0. The number of benzene rings is 6. The zero-order chi connectivity index (χ0) is 30.9. The quantitative estimate of drug-likeness (QED) is 0.189. The summed E-state index contributed by atoms with van der Waals surface area (Å²) in [4.78, 5) is 2.41. The first-order valence-electron chi connectivity index (χ1n) is 17.4. The summed E-state index contributed by atoms with van der Waals surface area (Å²) in [6, 6.07) is 54.1. The molecule has 6 aromatic carbocycles. The van der Waals surface area contributed by atoms with Gasteiger partial charge in [0.25, 0.3) is 0 Å². The molecule has 0 radical (unpaired) electrons. The van der Waals surface area contributed by atoms with Crippen molar-refractivity contribution in [3.63, 3.8) is 0 Å². The molecule has 4 bridgehead atoms. The van der Waals surface area contributed by atoms with E-state index in [9.17, 15) is 0 Å². The number of aromatic nitrogens is 1. The molecule has 7 aromatic rings. The van der Waals surface area contributed by atoms with Gasteiger partial charge in [0, 0.05) is 33.5 Å². The Kier molecular flexibility index (Phi) is 6.19. The van der Waals surface area contributed by atoms with E-state index in [1.165, 1.54) is 70.7 Å². The first-order chi connectivity index (χ1) is 23.3. The molecular formula is C45H38N2. The van der Waals surface area contributed by atoms with Crippen molar-refractivity contribution in [2.24, 2.45) is 11.8 Å². The van der Waals surface area contributed by atoms with Gasteiger partial charge in [0.2, 0.25) is 0 Å². The van der Waals surface area contributed by atoms with Crippen LogP contribution in [0.2, 0.25) is 0 Å². The molecule has 2 unspecified atom stereocenters. The number of fused-ring (bicyclic) bond motifs is 3. The van der Waals surface area contributed by atoms with Crippen LogP contribution >= 0.6 is 0 Å². The molecule has 11 rings (SSSR count). The average molecular weight is 607 g/mol. The largest absolute Gasteiger partial charge is 0.310 e. The molecule has 0 N–H and O–H groups in total. The Morgan fingerprint density at radius 1 is 0.426 bits per heavy atom. The van der Waals surface area contributed by atoms with Crippen LogP contribution in [-0.2, 0) is 0 Å². The van der Waals surface area contributed by atoms with Gasteiger partial charge in [-0.15, -0.1) is 0 Å². The highest BCUT2D eigenvalue weighted by Crippen LogP contribution is 2.56.